The lowest BCUT2D eigenvalue weighted by atomic mass is 10.3. The van der Waals surface area contributed by atoms with E-state index in [-0.39, 0.29) is 5.97 Å². The zero-order valence-corrected chi connectivity index (χ0v) is 12.0. The van der Waals surface area contributed by atoms with Gasteiger partial charge in [0.2, 0.25) is 0 Å². The standard InChI is InChI=1S/C12H15BrClNO2/c1-2-12(16)17-9-4-5-11(10(14)8-9)15-7-3-6-13/h4-5,8,15H,2-3,6-7H2,1H3. The van der Waals surface area contributed by atoms with Crippen molar-refractivity contribution in [2.45, 2.75) is 19.8 Å². The number of rotatable bonds is 6. The molecule has 0 saturated heterocycles. The predicted octanol–water partition coefficient (Wildman–Crippen LogP) is 3.85. The van der Waals surface area contributed by atoms with Crippen molar-refractivity contribution in [1.29, 1.82) is 0 Å². The van der Waals surface area contributed by atoms with E-state index >= 15 is 0 Å². The van der Waals surface area contributed by atoms with E-state index in [4.69, 9.17) is 16.3 Å². The van der Waals surface area contributed by atoms with Gasteiger partial charge in [0.25, 0.3) is 0 Å². The monoisotopic (exact) mass is 319 g/mol. The lowest BCUT2D eigenvalue weighted by Crippen LogP contribution is -2.06. The summed E-state index contributed by atoms with van der Waals surface area (Å²) >= 11 is 9.43. The Hall–Kier alpha value is -0.740. The second kappa shape index (κ2) is 7.56. The third kappa shape index (κ3) is 4.96. The summed E-state index contributed by atoms with van der Waals surface area (Å²) in [6.45, 7) is 2.60. The van der Waals surface area contributed by atoms with Crippen LogP contribution in [0.3, 0.4) is 0 Å². The molecule has 1 N–H and O–H groups in total. The number of benzene rings is 1. The molecule has 0 unspecified atom stereocenters. The predicted molar refractivity (Wildman–Crippen MR) is 74.3 cm³/mol. The van der Waals surface area contributed by atoms with Crippen molar-refractivity contribution in [2.24, 2.45) is 0 Å². The second-order valence-corrected chi connectivity index (χ2v) is 4.64. The number of anilines is 1. The minimum atomic E-state index is -0.263. The Morgan fingerprint density at radius 1 is 1.53 bits per heavy atom. The molecule has 3 nitrogen and oxygen atoms in total. The summed E-state index contributed by atoms with van der Waals surface area (Å²) in [5.41, 5.74) is 0.851. The first-order valence-electron chi connectivity index (χ1n) is 5.47. The Morgan fingerprint density at radius 2 is 2.29 bits per heavy atom. The van der Waals surface area contributed by atoms with Gasteiger partial charge < -0.3 is 10.1 Å². The molecule has 0 amide bonds. The molecule has 0 radical (unpaired) electrons. The van der Waals surface area contributed by atoms with Gasteiger partial charge in [-0.1, -0.05) is 34.5 Å². The van der Waals surface area contributed by atoms with Crippen LogP contribution in [0.1, 0.15) is 19.8 Å². The van der Waals surface area contributed by atoms with E-state index in [1.165, 1.54) is 0 Å². The molecule has 1 rings (SSSR count). The van der Waals surface area contributed by atoms with Gasteiger partial charge in [-0.3, -0.25) is 4.79 Å². The molecule has 1 aromatic rings. The largest absolute Gasteiger partial charge is 0.426 e. The molecule has 0 saturated carbocycles. The topological polar surface area (TPSA) is 38.3 Å². The van der Waals surface area contributed by atoms with Crippen LogP contribution in [0.15, 0.2) is 18.2 Å². The van der Waals surface area contributed by atoms with Crippen molar-refractivity contribution in [1.82, 2.24) is 0 Å². The van der Waals surface area contributed by atoms with Crippen LogP contribution in [-0.2, 0) is 4.79 Å². The molecule has 5 heteroatoms. The van der Waals surface area contributed by atoms with E-state index in [0.29, 0.717) is 17.2 Å². The Balaban J connectivity index is 2.62. The fraction of sp³-hybridized carbons (Fsp3) is 0.417. The van der Waals surface area contributed by atoms with Gasteiger partial charge in [-0.25, -0.2) is 0 Å². The number of alkyl halides is 1. The van der Waals surface area contributed by atoms with E-state index < -0.39 is 0 Å². The Kier molecular flexibility index (Phi) is 6.37. The third-order valence-corrected chi connectivity index (χ3v) is 2.96. The van der Waals surface area contributed by atoms with Gasteiger partial charge in [0.15, 0.2) is 0 Å². The number of carbonyl (C=O) groups excluding carboxylic acids is 1. The quantitative estimate of drug-likeness (QED) is 0.374. The molecule has 17 heavy (non-hydrogen) atoms. The zero-order valence-electron chi connectivity index (χ0n) is 9.63. The summed E-state index contributed by atoms with van der Waals surface area (Å²) in [6, 6.07) is 5.19. The number of hydrogen-bond donors (Lipinski definition) is 1. The lowest BCUT2D eigenvalue weighted by Gasteiger charge is -2.09. The summed E-state index contributed by atoms with van der Waals surface area (Å²) in [5.74, 6) is 0.217. The van der Waals surface area contributed by atoms with Crippen molar-refractivity contribution >= 4 is 39.2 Å². The number of esters is 1. The van der Waals surface area contributed by atoms with E-state index in [2.05, 4.69) is 21.2 Å². The summed E-state index contributed by atoms with van der Waals surface area (Å²) < 4.78 is 5.07. The number of nitrogens with one attached hydrogen (secondary N) is 1. The van der Waals surface area contributed by atoms with E-state index in [0.717, 1.165) is 24.0 Å². The zero-order chi connectivity index (χ0) is 12.7. The maximum absolute atomic E-state index is 11.1. The second-order valence-electron chi connectivity index (χ2n) is 3.44. The fourth-order valence-electron chi connectivity index (χ4n) is 1.20. The van der Waals surface area contributed by atoms with Gasteiger partial charge in [0.1, 0.15) is 5.75 Å². The number of halogens is 2. The first-order chi connectivity index (χ1) is 8.17. The van der Waals surface area contributed by atoms with E-state index in [1.54, 1.807) is 19.1 Å². The van der Waals surface area contributed by atoms with Gasteiger partial charge >= 0.3 is 5.97 Å². The molecule has 0 spiro atoms. The molecule has 0 aliphatic rings. The Morgan fingerprint density at radius 3 is 2.88 bits per heavy atom. The summed E-state index contributed by atoms with van der Waals surface area (Å²) in [7, 11) is 0. The highest BCUT2D eigenvalue weighted by molar-refractivity contribution is 9.09. The van der Waals surface area contributed by atoms with Crippen LogP contribution in [0.4, 0.5) is 5.69 Å². The van der Waals surface area contributed by atoms with Crippen LogP contribution in [0.2, 0.25) is 5.02 Å². The highest BCUT2D eigenvalue weighted by Crippen LogP contribution is 2.26. The summed E-state index contributed by atoms with van der Waals surface area (Å²) in [6.07, 6.45) is 1.37. The molecule has 94 valence electrons. The smallest absolute Gasteiger partial charge is 0.310 e. The molecular formula is C12H15BrClNO2. The number of hydrogen-bond acceptors (Lipinski definition) is 3. The molecule has 0 aliphatic heterocycles. The van der Waals surface area contributed by atoms with Gasteiger partial charge in [0.05, 0.1) is 10.7 Å². The molecule has 0 atom stereocenters. The van der Waals surface area contributed by atoms with E-state index in [9.17, 15) is 4.79 Å². The van der Waals surface area contributed by atoms with Crippen LogP contribution in [-0.4, -0.2) is 17.8 Å². The van der Waals surface area contributed by atoms with Gasteiger partial charge in [-0.15, -0.1) is 0 Å². The lowest BCUT2D eigenvalue weighted by molar-refractivity contribution is -0.134. The molecule has 1 aromatic carbocycles. The molecule has 0 heterocycles. The highest BCUT2D eigenvalue weighted by atomic mass is 79.9. The summed E-state index contributed by atoms with van der Waals surface area (Å²) in [5, 5.41) is 4.71. The van der Waals surface area contributed by atoms with Gasteiger partial charge in [-0.2, -0.15) is 0 Å². The molecule has 0 aliphatic carbocycles. The maximum Gasteiger partial charge on any atom is 0.310 e. The van der Waals surface area contributed by atoms with Crippen LogP contribution < -0.4 is 10.1 Å². The van der Waals surface area contributed by atoms with Crippen molar-refractivity contribution in [2.75, 3.05) is 17.2 Å². The minimum Gasteiger partial charge on any atom is -0.426 e. The number of carbonyl (C=O) groups is 1. The Labute approximate surface area is 115 Å². The Bertz CT molecular complexity index is 385. The SMILES string of the molecule is CCC(=O)Oc1ccc(NCCCBr)c(Cl)c1. The summed E-state index contributed by atoms with van der Waals surface area (Å²) in [4.78, 5) is 11.1. The fourth-order valence-corrected chi connectivity index (χ4v) is 1.71. The molecule has 0 aromatic heterocycles. The average Bonchev–Trinajstić information content (AvgIpc) is 2.32. The van der Waals surface area contributed by atoms with Gasteiger partial charge in [0, 0.05) is 24.4 Å². The van der Waals surface area contributed by atoms with E-state index in [1.807, 2.05) is 6.07 Å². The van der Waals surface area contributed by atoms with Crippen molar-refractivity contribution in [3.05, 3.63) is 23.2 Å². The first-order valence-corrected chi connectivity index (χ1v) is 6.97. The normalized spacial score (nSPS) is 10.1. The minimum absolute atomic E-state index is 0.263. The van der Waals surface area contributed by atoms with Crippen molar-refractivity contribution in [3.63, 3.8) is 0 Å². The first kappa shape index (κ1) is 14.3. The molecule has 0 bridgehead atoms. The number of ether oxygens (including phenoxy) is 1. The van der Waals surface area contributed by atoms with Gasteiger partial charge in [-0.05, 0) is 18.6 Å². The van der Waals surface area contributed by atoms with Crippen LogP contribution >= 0.6 is 27.5 Å². The van der Waals surface area contributed by atoms with Crippen LogP contribution in [0.5, 0.6) is 5.75 Å². The third-order valence-electron chi connectivity index (χ3n) is 2.09. The van der Waals surface area contributed by atoms with Crippen LogP contribution in [0, 0.1) is 0 Å². The highest BCUT2D eigenvalue weighted by Gasteiger charge is 2.05. The average molecular weight is 321 g/mol. The molecule has 0 fully saturated rings. The van der Waals surface area contributed by atoms with Crippen molar-refractivity contribution < 1.29 is 9.53 Å². The molecular weight excluding hydrogens is 305 g/mol. The van der Waals surface area contributed by atoms with Crippen molar-refractivity contribution in [3.8, 4) is 5.75 Å². The van der Waals surface area contributed by atoms with Crippen LogP contribution in [0.25, 0.3) is 0 Å². The maximum atomic E-state index is 11.1.